The molecule has 0 amide bonds. The van der Waals surface area contributed by atoms with E-state index in [1.165, 1.54) is 10.8 Å². The predicted octanol–water partition coefficient (Wildman–Crippen LogP) is 1.24. The number of benzene rings is 1. The Kier molecular flexibility index (Phi) is 3.55. The van der Waals surface area contributed by atoms with Crippen molar-refractivity contribution in [2.24, 2.45) is 0 Å². The largest absolute Gasteiger partial charge is 0.465 e. The molecule has 0 aliphatic rings. The minimum Gasteiger partial charge on any atom is -0.465 e. The Hall–Kier alpha value is -3.06. The molecule has 7 heteroatoms. The molecule has 0 spiro atoms. The summed E-state index contributed by atoms with van der Waals surface area (Å²) in [5.41, 5.74) is 0.463. The fourth-order valence-electron chi connectivity index (χ4n) is 2.34. The van der Waals surface area contributed by atoms with E-state index < -0.39 is 5.56 Å². The predicted molar refractivity (Wildman–Crippen MR) is 90.1 cm³/mol. The molecule has 0 N–H and O–H groups in total. The van der Waals surface area contributed by atoms with Gasteiger partial charge in [0.1, 0.15) is 16.0 Å². The lowest BCUT2D eigenvalue weighted by Gasteiger charge is -1.99. The molecule has 4 aromatic rings. The molecule has 118 valence electrons. The molecular formula is C17H11N3O3S. The van der Waals surface area contributed by atoms with Gasteiger partial charge in [0.25, 0.3) is 11.1 Å². The van der Waals surface area contributed by atoms with Crippen LogP contribution < -0.4 is 15.7 Å². The summed E-state index contributed by atoms with van der Waals surface area (Å²) in [6.07, 6.45) is 3.48. The molecule has 6 nitrogen and oxygen atoms in total. The standard InChI is InChI=1S/C17H11N3O3S/c21-15-13(9-11-5-2-1-3-6-11)19-20-16(22)14(24-17(20)18-15)10-12-7-4-8-23-12/h1-8,10H,9H2/b14-10-. The minimum absolute atomic E-state index is 0.248. The van der Waals surface area contributed by atoms with Crippen LogP contribution in [0.3, 0.4) is 0 Å². The third-order valence-electron chi connectivity index (χ3n) is 3.48. The van der Waals surface area contributed by atoms with Gasteiger partial charge in [-0.2, -0.15) is 14.6 Å². The van der Waals surface area contributed by atoms with Crippen molar-refractivity contribution in [1.29, 1.82) is 0 Å². The fraction of sp³-hybridized carbons (Fsp3) is 0.0588. The molecule has 3 aromatic heterocycles. The Balaban J connectivity index is 1.85. The van der Waals surface area contributed by atoms with Gasteiger partial charge in [0.2, 0.25) is 4.96 Å². The normalized spacial score (nSPS) is 12.1. The van der Waals surface area contributed by atoms with E-state index in [1.807, 2.05) is 30.3 Å². The average Bonchev–Trinajstić information content (AvgIpc) is 3.19. The summed E-state index contributed by atoms with van der Waals surface area (Å²) >= 11 is 1.11. The Morgan fingerprint density at radius 3 is 2.71 bits per heavy atom. The van der Waals surface area contributed by atoms with Gasteiger partial charge in [-0.3, -0.25) is 9.59 Å². The van der Waals surface area contributed by atoms with Crippen LogP contribution in [0.2, 0.25) is 0 Å². The second kappa shape index (κ2) is 5.86. The van der Waals surface area contributed by atoms with Gasteiger partial charge in [0.05, 0.1) is 6.26 Å². The van der Waals surface area contributed by atoms with E-state index in [2.05, 4.69) is 10.1 Å². The molecule has 0 radical (unpaired) electrons. The highest BCUT2D eigenvalue weighted by Crippen LogP contribution is 2.05. The highest BCUT2D eigenvalue weighted by atomic mass is 32.1. The maximum absolute atomic E-state index is 12.5. The summed E-state index contributed by atoms with van der Waals surface area (Å²) in [4.78, 5) is 28.9. The highest BCUT2D eigenvalue weighted by Gasteiger charge is 2.11. The van der Waals surface area contributed by atoms with Crippen molar-refractivity contribution in [3.8, 4) is 0 Å². The summed E-state index contributed by atoms with van der Waals surface area (Å²) in [6.45, 7) is 0. The number of hydrogen-bond donors (Lipinski definition) is 0. The van der Waals surface area contributed by atoms with Crippen molar-refractivity contribution in [1.82, 2.24) is 14.6 Å². The van der Waals surface area contributed by atoms with Crippen molar-refractivity contribution >= 4 is 22.4 Å². The zero-order chi connectivity index (χ0) is 16.5. The Morgan fingerprint density at radius 1 is 1.12 bits per heavy atom. The molecule has 0 aliphatic carbocycles. The van der Waals surface area contributed by atoms with Crippen molar-refractivity contribution < 1.29 is 4.42 Å². The van der Waals surface area contributed by atoms with Crippen LogP contribution in [-0.4, -0.2) is 14.6 Å². The summed E-state index contributed by atoms with van der Waals surface area (Å²) in [7, 11) is 0. The topological polar surface area (TPSA) is 77.5 Å². The van der Waals surface area contributed by atoms with Crippen molar-refractivity contribution in [3.05, 3.63) is 91.0 Å². The minimum atomic E-state index is -0.412. The molecule has 0 unspecified atom stereocenters. The number of thiazole rings is 1. The van der Waals surface area contributed by atoms with Crippen LogP contribution >= 0.6 is 11.3 Å². The van der Waals surface area contributed by atoms with Crippen LogP contribution in [0.15, 0.2) is 62.7 Å². The van der Waals surface area contributed by atoms with Gasteiger partial charge in [-0.1, -0.05) is 41.7 Å². The molecular weight excluding hydrogens is 326 g/mol. The van der Waals surface area contributed by atoms with E-state index in [1.54, 1.807) is 18.2 Å². The first-order valence-corrected chi connectivity index (χ1v) is 8.04. The molecule has 3 heterocycles. The molecule has 0 saturated carbocycles. The van der Waals surface area contributed by atoms with Crippen molar-refractivity contribution in [2.45, 2.75) is 6.42 Å². The second-order valence-corrected chi connectivity index (χ2v) is 6.16. The summed E-state index contributed by atoms with van der Waals surface area (Å²) in [5, 5.41) is 4.21. The Bertz CT molecular complexity index is 1160. The highest BCUT2D eigenvalue weighted by molar-refractivity contribution is 7.15. The van der Waals surface area contributed by atoms with E-state index >= 15 is 0 Å². The summed E-state index contributed by atoms with van der Waals surface area (Å²) < 4.78 is 6.81. The van der Waals surface area contributed by atoms with E-state index in [0.29, 0.717) is 16.7 Å². The van der Waals surface area contributed by atoms with Crippen LogP contribution in [0, 0.1) is 0 Å². The van der Waals surface area contributed by atoms with E-state index in [0.717, 1.165) is 16.9 Å². The molecule has 4 rings (SSSR count). The monoisotopic (exact) mass is 337 g/mol. The first kappa shape index (κ1) is 14.5. The number of hydrogen-bond acceptors (Lipinski definition) is 6. The molecule has 1 aromatic carbocycles. The van der Waals surface area contributed by atoms with Crippen LogP contribution in [0.25, 0.3) is 11.0 Å². The van der Waals surface area contributed by atoms with Gasteiger partial charge in [0, 0.05) is 12.5 Å². The van der Waals surface area contributed by atoms with E-state index in [4.69, 9.17) is 4.42 Å². The molecule has 24 heavy (non-hydrogen) atoms. The third-order valence-corrected chi connectivity index (χ3v) is 4.44. The zero-order valence-corrected chi connectivity index (χ0v) is 13.2. The van der Waals surface area contributed by atoms with Gasteiger partial charge >= 0.3 is 0 Å². The van der Waals surface area contributed by atoms with Crippen molar-refractivity contribution in [2.75, 3.05) is 0 Å². The summed E-state index contributed by atoms with van der Waals surface area (Å²) in [6, 6.07) is 13.0. The first-order valence-electron chi connectivity index (χ1n) is 7.22. The van der Waals surface area contributed by atoms with Crippen molar-refractivity contribution in [3.63, 3.8) is 0 Å². The number of rotatable bonds is 3. The van der Waals surface area contributed by atoms with Gasteiger partial charge in [-0.15, -0.1) is 0 Å². The Labute approximate surface area is 139 Å². The van der Waals surface area contributed by atoms with Gasteiger partial charge in [-0.25, -0.2) is 0 Å². The van der Waals surface area contributed by atoms with Crippen LogP contribution in [0.5, 0.6) is 0 Å². The number of furan rings is 1. The number of fused-ring (bicyclic) bond motifs is 1. The third kappa shape index (κ3) is 2.65. The number of aromatic nitrogens is 3. The summed E-state index contributed by atoms with van der Waals surface area (Å²) in [5.74, 6) is 0.561. The quantitative estimate of drug-likeness (QED) is 0.562. The lowest BCUT2D eigenvalue weighted by atomic mass is 10.1. The maximum atomic E-state index is 12.5. The van der Waals surface area contributed by atoms with E-state index in [9.17, 15) is 9.59 Å². The fourth-order valence-corrected chi connectivity index (χ4v) is 3.23. The molecule has 0 aliphatic heterocycles. The maximum Gasteiger partial charge on any atom is 0.296 e. The number of nitrogens with zero attached hydrogens (tertiary/aromatic N) is 3. The van der Waals surface area contributed by atoms with E-state index in [-0.39, 0.29) is 16.2 Å². The lowest BCUT2D eigenvalue weighted by Crippen LogP contribution is -2.28. The molecule has 0 bridgehead atoms. The smallest absolute Gasteiger partial charge is 0.296 e. The van der Waals surface area contributed by atoms with Crippen LogP contribution in [-0.2, 0) is 6.42 Å². The Morgan fingerprint density at radius 2 is 1.96 bits per heavy atom. The van der Waals surface area contributed by atoms with Crippen LogP contribution in [0.4, 0.5) is 0 Å². The van der Waals surface area contributed by atoms with Gasteiger partial charge in [-0.05, 0) is 17.7 Å². The second-order valence-electron chi connectivity index (χ2n) is 5.15. The SMILES string of the molecule is O=c1nc2s/c(=C\c3ccco3)c(=O)n2nc1Cc1ccccc1. The first-order chi connectivity index (χ1) is 11.7. The zero-order valence-electron chi connectivity index (χ0n) is 12.4. The van der Waals surface area contributed by atoms with Gasteiger partial charge in [0.15, 0.2) is 0 Å². The average molecular weight is 337 g/mol. The lowest BCUT2D eigenvalue weighted by molar-refractivity contribution is 0.556. The molecule has 0 fully saturated rings. The molecule has 0 atom stereocenters. The molecule has 0 saturated heterocycles. The van der Waals surface area contributed by atoms with Gasteiger partial charge < -0.3 is 4.42 Å². The van der Waals surface area contributed by atoms with Crippen LogP contribution in [0.1, 0.15) is 17.0 Å².